The van der Waals surface area contributed by atoms with Gasteiger partial charge in [0.15, 0.2) is 0 Å². The maximum Gasteiger partial charge on any atom is 0.243 e. The maximum absolute atomic E-state index is 12.1. The lowest BCUT2D eigenvalue weighted by atomic mass is 10.3. The lowest BCUT2D eigenvalue weighted by molar-refractivity contribution is 0.0736. The Morgan fingerprint density at radius 3 is 2.35 bits per heavy atom. The molecule has 0 amide bonds. The average molecular weight is 343 g/mol. The monoisotopic (exact) mass is 342 g/mol. The lowest BCUT2D eigenvalue weighted by Crippen LogP contribution is -2.28. The van der Waals surface area contributed by atoms with Crippen LogP contribution in [-0.4, -0.2) is 41.9 Å². The number of rotatable bonds is 8. The molecular formula is C11H16Cl2N2O4S. The standard InChI is InChI=1S/C11H16Cl2N2O4S/c1-18-4-5-19-3-2-15-20(16,17)11-9(12)6-8(14)7-10(11)13/h6-7,15H,2-5,14H2,1H3. The van der Waals surface area contributed by atoms with E-state index in [2.05, 4.69) is 4.72 Å². The van der Waals surface area contributed by atoms with E-state index in [-0.39, 0.29) is 28.1 Å². The predicted molar refractivity (Wildman–Crippen MR) is 78.8 cm³/mol. The molecule has 0 saturated heterocycles. The lowest BCUT2D eigenvalue weighted by Gasteiger charge is -2.11. The number of ether oxygens (including phenoxy) is 2. The van der Waals surface area contributed by atoms with E-state index in [1.807, 2.05) is 0 Å². The van der Waals surface area contributed by atoms with Gasteiger partial charge in [-0.3, -0.25) is 0 Å². The number of hydrogen-bond donors (Lipinski definition) is 2. The van der Waals surface area contributed by atoms with E-state index < -0.39 is 10.0 Å². The highest BCUT2D eigenvalue weighted by atomic mass is 35.5. The van der Waals surface area contributed by atoms with Gasteiger partial charge in [-0.05, 0) is 12.1 Å². The smallest absolute Gasteiger partial charge is 0.243 e. The van der Waals surface area contributed by atoms with E-state index in [0.29, 0.717) is 18.9 Å². The van der Waals surface area contributed by atoms with Crippen molar-refractivity contribution in [3.63, 3.8) is 0 Å². The molecule has 0 aliphatic carbocycles. The zero-order chi connectivity index (χ0) is 15.2. The first-order valence-corrected chi connectivity index (χ1v) is 7.93. The highest BCUT2D eigenvalue weighted by molar-refractivity contribution is 7.89. The molecule has 0 heterocycles. The molecule has 0 aromatic heterocycles. The Hall–Kier alpha value is -0.570. The van der Waals surface area contributed by atoms with Crippen LogP contribution in [0.1, 0.15) is 0 Å². The van der Waals surface area contributed by atoms with Crippen LogP contribution >= 0.6 is 23.2 Å². The van der Waals surface area contributed by atoms with Crippen LogP contribution in [0.2, 0.25) is 10.0 Å². The van der Waals surface area contributed by atoms with Gasteiger partial charge in [0.25, 0.3) is 0 Å². The number of anilines is 1. The third-order valence-electron chi connectivity index (χ3n) is 2.26. The number of nitrogen functional groups attached to an aromatic ring is 1. The molecule has 0 bridgehead atoms. The normalized spacial score (nSPS) is 11.8. The van der Waals surface area contributed by atoms with Gasteiger partial charge >= 0.3 is 0 Å². The zero-order valence-electron chi connectivity index (χ0n) is 10.9. The van der Waals surface area contributed by atoms with Gasteiger partial charge in [0.1, 0.15) is 4.90 Å². The van der Waals surface area contributed by atoms with E-state index in [9.17, 15) is 8.42 Å². The molecule has 0 radical (unpaired) electrons. The van der Waals surface area contributed by atoms with Crippen molar-refractivity contribution in [3.05, 3.63) is 22.2 Å². The first kappa shape index (κ1) is 17.5. The largest absolute Gasteiger partial charge is 0.399 e. The molecule has 9 heteroatoms. The summed E-state index contributed by atoms with van der Waals surface area (Å²) in [5.41, 5.74) is 5.82. The van der Waals surface area contributed by atoms with Crippen LogP contribution in [0.3, 0.4) is 0 Å². The number of hydrogen-bond acceptors (Lipinski definition) is 5. The summed E-state index contributed by atoms with van der Waals surface area (Å²) in [7, 11) is -2.26. The maximum atomic E-state index is 12.1. The second-order valence-electron chi connectivity index (χ2n) is 3.82. The average Bonchev–Trinajstić information content (AvgIpc) is 2.31. The molecule has 1 aromatic carbocycles. The topological polar surface area (TPSA) is 90.6 Å². The fourth-order valence-corrected chi connectivity index (χ4v) is 3.64. The molecule has 114 valence electrons. The third kappa shape index (κ3) is 5.08. The Balaban J connectivity index is 2.66. The molecule has 0 spiro atoms. The molecule has 0 atom stereocenters. The van der Waals surface area contributed by atoms with Crippen molar-refractivity contribution >= 4 is 38.9 Å². The predicted octanol–water partition coefficient (Wildman–Crippen LogP) is 1.52. The van der Waals surface area contributed by atoms with Crippen molar-refractivity contribution in [3.8, 4) is 0 Å². The van der Waals surface area contributed by atoms with Gasteiger partial charge in [-0.2, -0.15) is 0 Å². The van der Waals surface area contributed by atoms with Gasteiger partial charge in [-0.25, -0.2) is 13.1 Å². The summed E-state index contributed by atoms with van der Waals surface area (Å²) in [6.45, 7) is 1.15. The van der Waals surface area contributed by atoms with E-state index in [4.69, 9.17) is 38.4 Å². The highest BCUT2D eigenvalue weighted by Gasteiger charge is 2.21. The summed E-state index contributed by atoms with van der Waals surface area (Å²) in [6.07, 6.45) is 0. The number of nitrogens with two attached hydrogens (primary N) is 1. The van der Waals surface area contributed by atoms with Crippen LogP contribution < -0.4 is 10.5 Å². The summed E-state index contributed by atoms with van der Waals surface area (Å²) in [5.74, 6) is 0. The molecule has 1 rings (SSSR count). The molecule has 6 nitrogen and oxygen atoms in total. The molecule has 0 aliphatic heterocycles. The van der Waals surface area contributed by atoms with Crippen molar-refractivity contribution in [2.45, 2.75) is 4.90 Å². The molecule has 3 N–H and O–H groups in total. The molecule has 0 aliphatic rings. The van der Waals surface area contributed by atoms with E-state index in [1.165, 1.54) is 12.1 Å². The minimum atomic E-state index is -3.81. The van der Waals surface area contributed by atoms with Crippen LogP contribution in [0.4, 0.5) is 5.69 Å². The Morgan fingerprint density at radius 2 is 1.80 bits per heavy atom. The molecule has 0 saturated carbocycles. The Kier molecular flexibility index (Phi) is 7.01. The van der Waals surface area contributed by atoms with Gasteiger partial charge < -0.3 is 15.2 Å². The summed E-state index contributed by atoms with van der Waals surface area (Å²) in [5, 5.41) is -0.0504. The summed E-state index contributed by atoms with van der Waals surface area (Å²) in [4.78, 5) is -0.188. The second-order valence-corrected chi connectivity index (χ2v) is 6.33. The van der Waals surface area contributed by atoms with Gasteiger partial charge in [0, 0.05) is 19.3 Å². The van der Waals surface area contributed by atoms with E-state index >= 15 is 0 Å². The van der Waals surface area contributed by atoms with Crippen molar-refractivity contribution in [1.29, 1.82) is 0 Å². The first-order chi connectivity index (χ1) is 9.38. The van der Waals surface area contributed by atoms with Gasteiger partial charge in [-0.1, -0.05) is 23.2 Å². The number of benzene rings is 1. The summed E-state index contributed by atoms with van der Waals surface area (Å²) < 4.78 is 36.4. The Morgan fingerprint density at radius 1 is 1.20 bits per heavy atom. The SMILES string of the molecule is COCCOCCNS(=O)(=O)c1c(Cl)cc(N)cc1Cl. The fraction of sp³-hybridized carbons (Fsp3) is 0.455. The van der Waals surface area contributed by atoms with Crippen LogP contribution in [0.5, 0.6) is 0 Å². The van der Waals surface area contributed by atoms with Crippen LogP contribution in [0, 0.1) is 0 Å². The Bertz CT molecular complexity index is 528. The molecule has 0 fully saturated rings. The molecule has 20 heavy (non-hydrogen) atoms. The minimum absolute atomic E-state index is 0.0252. The minimum Gasteiger partial charge on any atom is -0.399 e. The third-order valence-corrected chi connectivity index (χ3v) is 4.64. The fourth-order valence-electron chi connectivity index (χ4n) is 1.40. The van der Waals surface area contributed by atoms with Crippen LogP contribution in [-0.2, 0) is 19.5 Å². The van der Waals surface area contributed by atoms with Crippen molar-refractivity contribution in [2.24, 2.45) is 0 Å². The van der Waals surface area contributed by atoms with Crippen molar-refractivity contribution in [2.75, 3.05) is 39.2 Å². The zero-order valence-corrected chi connectivity index (χ0v) is 13.2. The van der Waals surface area contributed by atoms with Gasteiger partial charge in [0.2, 0.25) is 10.0 Å². The summed E-state index contributed by atoms with van der Waals surface area (Å²) >= 11 is 11.7. The number of methoxy groups -OCH3 is 1. The van der Waals surface area contributed by atoms with E-state index in [0.717, 1.165) is 0 Å². The number of nitrogens with one attached hydrogen (secondary N) is 1. The van der Waals surface area contributed by atoms with Crippen LogP contribution in [0.25, 0.3) is 0 Å². The molecule has 0 unspecified atom stereocenters. The van der Waals surface area contributed by atoms with Gasteiger partial charge in [0.05, 0.1) is 29.9 Å². The Labute approximate surface area is 128 Å². The highest BCUT2D eigenvalue weighted by Crippen LogP contribution is 2.31. The van der Waals surface area contributed by atoms with Gasteiger partial charge in [-0.15, -0.1) is 0 Å². The first-order valence-electron chi connectivity index (χ1n) is 5.69. The second kappa shape index (κ2) is 8.02. The van der Waals surface area contributed by atoms with Crippen LogP contribution in [0.15, 0.2) is 17.0 Å². The van der Waals surface area contributed by atoms with Crippen molar-refractivity contribution < 1.29 is 17.9 Å². The molecule has 1 aromatic rings. The number of halogens is 2. The van der Waals surface area contributed by atoms with Crippen molar-refractivity contribution in [1.82, 2.24) is 4.72 Å². The summed E-state index contributed by atoms with van der Waals surface area (Å²) in [6, 6.07) is 2.66. The molecular weight excluding hydrogens is 327 g/mol. The van der Waals surface area contributed by atoms with E-state index in [1.54, 1.807) is 7.11 Å². The number of sulfonamides is 1. The quantitative estimate of drug-likeness (QED) is 0.552.